The second kappa shape index (κ2) is 9.20. The molecule has 0 radical (unpaired) electrons. The lowest BCUT2D eigenvalue weighted by molar-refractivity contribution is -0.131. The van der Waals surface area contributed by atoms with E-state index in [0.717, 1.165) is 0 Å². The minimum Gasteiger partial charge on any atom is -0.490 e. The zero-order valence-corrected chi connectivity index (χ0v) is 19.0. The highest BCUT2D eigenvalue weighted by molar-refractivity contribution is 7.89. The second-order valence-corrected chi connectivity index (χ2v) is 9.44. The Morgan fingerprint density at radius 2 is 1.91 bits per heavy atom. The van der Waals surface area contributed by atoms with Gasteiger partial charge in [0.1, 0.15) is 5.82 Å². The van der Waals surface area contributed by atoms with Crippen molar-refractivity contribution >= 4 is 26.8 Å². The van der Waals surface area contributed by atoms with Crippen LogP contribution in [0.2, 0.25) is 0 Å². The van der Waals surface area contributed by atoms with Crippen LogP contribution in [0.4, 0.5) is 0 Å². The lowest BCUT2D eigenvalue weighted by Gasteiger charge is -2.22. The van der Waals surface area contributed by atoms with Gasteiger partial charge in [-0.1, -0.05) is 12.1 Å². The van der Waals surface area contributed by atoms with Gasteiger partial charge in [0.25, 0.3) is 5.56 Å². The fraction of sp³-hybridized carbons (Fsp3) is 0.318. The fourth-order valence-corrected chi connectivity index (χ4v) is 4.72. The molecule has 1 aromatic heterocycles. The number of para-hydroxylation sites is 1. The molecular formula is C22H24N4O6S. The number of carbonyl (C=O) groups excluding carboxylic acids is 1. The molecule has 33 heavy (non-hydrogen) atoms. The Labute approximate surface area is 190 Å². The van der Waals surface area contributed by atoms with Crippen LogP contribution in [0.1, 0.15) is 19.2 Å². The summed E-state index contributed by atoms with van der Waals surface area (Å²) in [5.74, 6) is 0.640. The number of hydrogen-bond acceptors (Lipinski definition) is 7. The third-order valence-corrected chi connectivity index (χ3v) is 6.70. The minimum absolute atomic E-state index is 0.00893. The van der Waals surface area contributed by atoms with Gasteiger partial charge < -0.3 is 19.4 Å². The average molecular weight is 473 g/mol. The van der Waals surface area contributed by atoms with Gasteiger partial charge in [-0.05, 0) is 31.2 Å². The van der Waals surface area contributed by atoms with Crippen molar-refractivity contribution in [2.75, 3.05) is 20.3 Å². The van der Waals surface area contributed by atoms with E-state index in [1.807, 2.05) is 0 Å². The number of hydrogen-bond donors (Lipinski definition) is 2. The Kier molecular flexibility index (Phi) is 6.34. The normalized spacial score (nSPS) is 14.5. The molecule has 0 unspecified atom stereocenters. The standard InChI is InChI=1S/C22H24N4O6S/c1-14(25-33(29,30)15-8-9-18-19(12-15)32-11-5-10-31-18)22(28)26(2)13-20-23-17-7-4-3-6-16(17)21(27)24-20/h3-4,6-9,12,14,25H,5,10-11,13H2,1-2H3,(H,23,24,27)/t14-/m1/s1. The van der Waals surface area contributed by atoms with Crippen molar-refractivity contribution in [3.8, 4) is 11.5 Å². The Bertz CT molecular complexity index is 1350. The molecule has 1 aliphatic heterocycles. The maximum Gasteiger partial charge on any atom is 0.258 e. The SMILES string of the molecule is C[C@@H](NS(=O)(=O)c1ccc2c(c1)OCCCO2)C(=O)N(C)Cc1nc2ccccc2c(=O)[nH]1. The van der Waals surface area contributed by atoms with Gasteiger partial charge >= 0.3 is 0 Å². The van der Waals surface area contributed by atoms with E-state index in [4.69, 9.17) is 9.47 Å². The first-order valence-corrected chi connectivity index (χ1v) is 11.9. The van der Waals surface area contributed by atoms with Crippen LogP contribution in [-0.4, -0.2) is 55.5 Å². The number of rotatable bonds is 6. The topological polar surface area (TPSA) is 131 Å². The van der Waals surface area contributed by atoms with Crippen LogP contribution in [0.3, 0.4) is 0 Å². The van der Waals surface area contributed by atoms with Crippen molar-refractivity contribution in [2.45, 2.75) is 30.8 Å². The maximum atomic E-state index is 12.9. The van der Waals surface area contributed by atoms with Gasteiger partial charge in [-0.15, -0.1) is 0 Å². The van der Waals surface area contributed by atoms with E-state index in [9.17, 15) is 18.0 Å². The molecule has 1 amide bonds. The summed E-state index contributed by atoms with van der Waals surface area (Å²) in [7, 11) is -2.49. The van der Waals surface area contributed by atoms with E-state index in [1.54, 1.807) is 24.3 Å². The minimum atomic E-state index is -4.00. The highest BCUT2D eigenvalue weighted by atomic mass is 32.2. The zero-order valence-electron chi connectivity index (χ0n) is 18.2. The number of nitrogens with zero attached hydrogens (tertiary/aromatic N) is 2. The number of sulfonamides is 1. The molecular weight excluding hydrogens is 448 g/mol. The molecule has 174 valence electrons. The summed E-state index contributed by atoms with van der Waals surface area (Å²) >= 11 is 0. The third kappa shape index (κ3) is 4.99. The molecule has 0 fully saturated rings. The van der Waals surface area contributed by atoms with Gasteiger partial charge in [0.05, 0.1) is 41.6 Å². The van der Waals surface area contributed by atoms with Crippen LogP contribution in [0, 0.1) is 0 Å². The number of benzene rings is 2. The summed E-state index contributed by atoms with van der Waals surface area (Å²) in [5.41, 5.74) is 0.208. The first-order chi connectivity index (χ1) is 15.7. The summed E-state index contributed by atoms with van der Waals surface area (Å²) in [5, 5.41) is 0.450. The van der Waals surface area contributed by atoms with E-state index in [2.05, 4.69) is 14.7 Å². The first-order valence-electron chi connectivity index (χ1n) is 10.4. The summed E-state index contributed by atoms with van der Waals surface area (Å²) < 4.78 is 39.2. The van der Waals surface area contributed by atoms with Crippen LogP contribution in [-0.2, 0) is 21.4 Å². The van der Waals surface area contributed by atoms with Crippen LogP contribution < -0.4 is 19.8 Å². The monoisotopic (exact) mass is 472 g/mol. The molecule has 2 aromatic carbocycles. The van der Waals surface area contributed by atoms with Gasteiger partial charge in [-0.25, -0.2) is 13.4 Å². The van der Waals surface area contributed by atoms with E-state index < -0.39 is 22.0 Å². The number of nitrogens with one attached hydrogen (secondary N) is 2. The van der Waals surface area contributed by atoms with Crippen molar-refractivity contribution < 1.29 is 22.7 Å². The lowest BCUT2D eigenvalue weighted by atomic mass is 10.2. The van der Waals surface area contributed by atoms with Crippen molar-refractivity contribution in [1.29, 1.82) is 0 Å². The smallest absolute Gasteiger partial charge is 0.258 e. The summed E-state index contributed by atoms with van der Waals surface area (Å²) in [4.78, 5) is 33.4. The number of aromatic amines is 1. The molecule has 2 heterocycles. The van der Waals surface area contributed by atoms with Gasteiger partial charge in [0.15, 0.2) is 11.5 Å². The molecule has 0 bridgehead atoms. The summed E-state index contributed by atoms with van der Waals surface area (Å²) in [6.45, 7) is 2.38. The average Bonchev–Trinajstić information content (AvgIpc) is 3.03. The quantitative estimate of drug-likeness (QED) is 0.555. The van der Waals surface area contributed by atoms with Gasteiger partial charge in [0, 0.05) is 19.5 Å². The molecule has 0 saturated heterocycles. The molecule has 1 atom stereocenters. The number of carbonyl (C=O) groups is 1. The highest BCUT2D eigenvalue weighted by Gasteiger charge is 2.26. The lowest BCUT2D eigenvalue weighted by Crippen LogP contribution is -2.45. The Morgan fingerprint density at radius 1 is 1.18 bits per heavy atom. The van der Waals surface area contributed by atoms with E-state index in [1.165, 1.54) is 37.1 Å². The third-order valence-electron chi connectivity index (χ3n) is 5.16. The first kappa shape index (κ1) is 22.7. The number of H-pyrrole nitrogens is 1. The van der Waals surface area contributed by atoms with E-state index in [-0.39, 0.29) is 17.0 Å². The van der Waals surface area contributed by atoms with Crippen molar-refractivity contribution in [2.24, 2.45) is 0 Å². The van der Waals surface area contributed by atoms with E-state index >= 15 is 0 Å². The zero-order chi connectivity index (χ0) is 23.6. The highest BCUT2D eigenvalue weighted by Crippen LogP contribution is 2.31. The molecule has 0 spiro atoms. The van der Waals surface area contributed by atoms with Gasteiger partial charge in [0.2, 0.25) is 15.9 Å². The van der Waals surface area contributed by atoms with Crippen molar-refractivity contribution in [1.82, 2.24) is 19.6 Å². The van der Waals surface area contributed by atoms with Crippen molar-refractivity contribution in [3.05, 3.63) is 58.6 Å². The van der Waals surface area contributed by atoms with Crippen molar-refractivity contribution in [3.63, 3.8) is 0 Å². The molecule has 2 N–H and O–H groups in total. The molecule has 3 aromatic rings. The number of aromatic nitrogens is 2. The molecule has 11 heteroatoms. The second-order valence-electron chi connectivity index (χ2n) is 7.73. The molecule has 1 aliphatic rings. The number of amides is 1. The number of fused-ring (bicyclic) bond motifs is 2. The van der Waals surface area contributed by atoms with Gasteiger partial charge in [-0.2, -0.15) is 4.72 Å². The Hall–Kier alpha value is -3.44. The van der Waals surface area contributed by atoms with Crippen LogP contribution in [0.25, 0.3) is 10.9 Å². The van der Waals surface area contributed by atoms with Gasteiger partial charge in [-0.3, -0.25) is 9.59 Å². The number of ether oxygens (including phenoxy) is 2. The van der Waals surface area contributed by atoms with Crippen LogP contribution >= 0.6 is 0 Å². The largest absolute Gasteiger partial charge is 0.490 e. The predicted octanol–water partition coefficient (Wildman–Crippen LogP) is 1.41. The number of likely N-dealkylation sites (N-methyl/N-ethyl adjacent to an activating group) is 1. The fourth-order valence-electron chi connectivity index (χ4n) is 3.50. The summed E-state index contributed by atoms with van der Waals surface area (Å²) in [6, 6.07) is 10.2. The molecule has 10 nitrogen and oxygen atoms in total. The Morgan fingerprint density at radius 3 is 2.70 bits per heavy atom. The summed E-state index contributed by atoms with van der Waals surface area (Å²) in [6.07, 6.45) is 0.699. The molecule has 4 rings (SSSR count). The molecule has 0 aliphatic carbocycles. The van der Waals surface area contributed by atoms with Crippen LogP contribution in [0.15, 0.2) is 52.2 Å². The maximum absolute atomic E-state index is 12.9. The molecule has 0 saturated carbocycles. The Balaban J connectivity index is 1.46. The van der Waals surface area contributed by atoms with E-state index in [0.29, 0.717) is 47.9 Å². The van der Waals surface area contributed by atoms with Crippen LogP contribution in [0.5, 0.6) is 11.5 Å². The predicted molar refractivity (Wildman–Crippen MR) is 121 cm³/mol.